The summed E-state index contributed by atoms with van der Waals surface area (Å²) in [5.41, 5.74) is 0.571. The lowest BCUT2D eigenvalue weighted by atomic mass is 10.0. The largest absolute Gasteiger partial charge is 0.479 e. The Morgan fingerprint density at radius 1 is 1.13 bits per heavy atom. The van der Waals surface area contributed by atoms with Gasteiger partial charge in [0.2, 0.25) is 5.91 Å². The van der Waals surface area contributed by atoms with Crippen LogP contribution >= 0.6 is 0 Å². The van der Waals surface area contributed by atoms with Crippen LogP contribution in [0.2, 0.25) is 0 Å². The van der Waals surface area contributed by atoms with Gasteiger partial charge in [0.25, 0.3) is 0 Å². The van der Waals surface area contributed by atoms with E-state index in [1.54, 1.807) is 19.2 Å². The Morgan fingerprint density at radius 3 is 2.57 bits per heavy atom. The Balaban J connectivity index is 2.07. The van der Waals surface area contributed by atoms with Gasteiger partial charge in [-0.05, 0) is 35.2 Å². The van der Waals surface area contributed by atoms with Crippen LogP contribution in [0.15, 0.2) is 42.5 Å². The first-order chi connectivity index (χ1) is 11.1. The molecule has 2 N–H and O–H groups in total. The Kier molecular flexibility index (Phi) is 6.11. The smallest absolute Gasteiger partial charge is 0.330 e. The van der Waals surface area contributed by atoms with Crippen LogP contribution in [0.3, 0.4) is 0 Å². The van der Waals surface area contributed by atoms with E-state index < -0.39 is 12.0 Å². The van der Waals surface area contributed by atoms with Gasteiger partial charge in [-0.15, -0.1) is 0 Å². The number of carboxylic acid groups (broad SMARTS) is 1. The molecule has 1 amide bonds. The predicted octanol–water partition coefficient (Wildman–Crippen LogP) is 2.90. The Morgan fingerprint density at radius 2 is 1.87 bits per heavy atom. The van der Waals surface area contributed by atoms with Crippen LogP contribution in [-0.4, -0.2) is 30.7 Å². The summed E-state index contributed by atoms with van der Waals surface area (Å²) in [4.78, 5) is 23.5. The Hall–Kier alpha value is -2.40. The lowest BCUT2D eigenvalue weighted by Crippen LogP contribution is -2.33. The lowest BCUT2D eigenvalue weighted by molar-refractivity contribution is -0.142. The first-order valence-electron chi connectivity index (χ1n) is 7.61. The standard InChI is InChI=1S/C18H21NO4/c1-23-11-5-4-8-16(20)19-17(18(21)22)15-10-9-13-6-2-3-7-14(13)12-15/h2-3,6-7,9-10,12,17H,4-5,8,11H2,1H3,(H,19,20)(H,21,22). The average molecular weight is 315 g/mol. The number of carbonyl (C=O) groups is 2. The van der Waals surface area contributed by atoms with Gasteiger partial charge in [0.05, 0.1) is 0 Å². The van der Waals surface area contributed by atoms with E-state index in [1.165, 1.54) is 0 Å². The zero-order valence-electron chi connectivity index (χ0n) is 13.1. The molecule has 0 radical (unpaired) electrons. The molecule has 0 saturated heterocycles. The van der Waals surface area contributed by atoms with E-state index in [4.69, 9.17) is 4.74 Å². The molecular weight excluding hydrogens is 294 g/mol. The maximum Gasteiger partial charge on any atom is 0.330 e. The minimum absolute atomic E-state index is 0.262. The molecule has 0 aliphatic heterocycles. The molecule has 0 heterocycles. The van der Waals surface area contributed by atoms with E-state index in [-0.39, 0.29) is 5.91 Å². The van der Waals surface area contributed by atoms with Crippen LogP contribution in [0.4, 0.5) is 0 Å². The highest BCUT2D eigenvalue weighted by molar-refractivity contribution is 5.88. The number of methoxy groups -OCH3 is 1. The van der Waals surface area contributed by atoms with Crippen molar-refractivity contribution in [2.75, 3.05) is 13.7 Å². The summed E-state index contributed by atoms with van der Waals surface area (Å²) in [6.07, 6.45) is 1.74. The van der Waals surface area contributed by atoms with Crippen molar-refractivity contribution >= 4 is 22.6 Å². The molecule has 0 bridgehead atoms. The van der Waals surface area contributed by atoms with E-state index >= 15 is 0 Å². The number of ether oxygens (including phenoxy) is 1. The number of benzene rings is 2. The quantitative estimate of drug-likeness (QED) is 0.734. The third-order valence-electron chi connectivity index (χ3n) is 3.66. The molecule has 5 heteroatoms. The van der Waals surface area contributed by atoms with E-state index in [0.29, 0.717) is 25.0 Å². The summed E-state index contributed by atoms with van der Waals surface area (Å²) in [7, 11) is 1.61. The van der Waals surface area contributed by atoms with Gasteiger partial charge in [0.15, 0.2) is 6.04 Å². The molecule has 5 nitrogen and oxygen atoms in total. The molecule has 1 unspecified atom stereocenters. The second kappa shape index (κ2) is 8.29. The van der Waals surface area contributed by atoms with Gasteiger partial charge in [-0.2, -0.15) is 0 Å². The maximum atomic E-state index is 11.9. The molecule has 0 aliphatic rings. The summed E-state index contributed by atoms with van der Waals surface area (Å²) in [5.74, 6) is -1.33. The third kappa shape index (κ3) is 4.79. The van der Waals surface area contributed by atoms with Crippen LogP contribution in [0, 0.1) is 0 Å². The number of amides is 1. The zero-order valence-corrected chi connectivity index (χ0v) is 13.1. The first-order valence-corrected chi connectivity index (χ1v) is 7.61. The van der Waals surface area contributed by atoms with E-state index in [2.05, 4.69) is 5.32 Å². The van der Waals surface area contributed by atoms with Gasteiger partial charge >= 0.3 is 5.97 Å². The lowest BCUT2D eigenvalue weighted by Gasteiger charge is -2.15. The zero-order chi connectivity index (χ0) is 16.7. The van der Waals surface area contributed by atoms with Gasteiger partial charge in [-0.1, -0.05) is 36.4 Å². The minimum Gasteiger partial charge on any atom is -0.479 e. The second-order valence-corrected chi connectivity index (χ2v) is 5.40. The highest BCUT2D eigenvalue weighted by Crippen LogP contribution is 2.21. The van der Waals surface area contributed by atoms with Crippen molar-refractivity contribution in [3.63, 3.8) is 0 Å². The summed E-state index contributed by atoms with van der Waals surface area (Å²) in [5, 5.41) is 14.0. The average Bonchev–Trinajstić information content (AvgIpc) is 2.56. The van der Waals surface area contributed by atoms with E-state index in [9.17, 15) is 14.7 Å². The van der Waals surface area contributed by atoms with Gasteiger partial charge in [-0.3, -0.25) is 4.79 Å². The maximum absolute atomic E-state index is 11.9. The minimum atomic E-state index is -1.06. The topological polar surface area (TPSA) is 75.6 Å². The number of carbonyl (C=O) groups excluding carboxylic acids is 1. The summed E-state index contributed by atoms with van der Waals surface area (Å²) in [6.45, 7) is 0.598. The predicted molar refractivity (Wildman–Crippen MR) is 88.2 cm³/mol. The van der Waals surface area contributed by atoms with Crippen molar-refractivity contribution in [1.29, 1.82) is 0 Å². The van der Waals surface area contributed by atoms with Crippen molar-refractivity contribution < 1.29 is 19.4 Å². The van der Waals surface area contributed by atoms with Gasteiger partial charge in [0.1, 0.15) is 0 Å². The molecule has 0 aliphatic carbocycles. The molecule has 1 atom stereocenters. The summed E-state index contributed by atoms with van der Waals surface area (Å²) < 4.78 is 4.93. The first kappa shape index (κ1) is 17.0. The number of nitrogens with one attached hydrogen (secondary N) is 1. The van der Waals surface area contributed by atoms with E-state index in [0.717, 1.165) is 17.2 Å². The highest BCUT2D eigenvalue weighted by Gasteiger charge is 2.22. The van der Waals surface area contributed by atoms with Crippen molar-refractivity contribution in [2.45, 2.75) is 25.3 Å². The normalized spacial score (nSPS) is 12.0. The second-order valence-electron chi connectivity index (χ2n) is 5.40. The van der Waals surface area contributed by atoms with Gasteiger partial charge in [0, 0.05) is 20.1 Å². The molecule has 2 aromatic carbocycles. The molecular formula is C18H21NO4. The number of rotatable bonds is 8. The number of unbranched alkanes of at least 4 members (excludes halogenated alkanes) is 1. The van der Waals surface area contributed by atoms with Crippen LogP contribution in [0.5, 0.6) is 0 Å². The van der Waals surface area contributed by atoms with Crippen molar-refractivity contribution in [2.24, 2.45) is 0 Å². The number of hydrogen-bond donors (Lipinski definition) is 2. The number of fused-ring (bicyclic) bond motifs is 1. The van der Waals surface area contributed by atoms with Gasteiger partial charge < -0.3 is 15.2 Å². The molecule has 0 aromatic heterocycles. The molecule has 2 aromatic rings. The number of carboxylic acids is 1. The fourth-order valence-electron chi connectivity index (χ4n) is 2.44. The molecule has 0 saturated carbocycles. The van der Waals surface area contributed by atoms with E-state index in [1.807, 2.05) is 30.3 Å². The van der Waals surface area contributed by atoms with Crippen molar-refractivity contribution in [1.82, 2.24) is 5.32 Å². The summed E-state index contributed by atoms with van der Waals surface area (Å²) >= 11 is 0. The number of aliphatic carboxylic acids is 1. The van der Waals surface area contributed by atoms with Crippen LogP contribution in [-0.2, 0) is 14.3 Å². The van der Waals surface area contributed by atoms with Gasteiger partial charge in [-0.25, -0.2) is 4.79 Å². The monoisotopic (exact) mass is 315 g/mol. The molecule has 122 valence electrons. The molecule has 2 rings (SSSR count). The van der Waals surface area contributed by atoms with Crippen molar-refractivity contribution in [3.05, 3.63) is 48.0 Å². The third-order valence-corrected chi connectivity index (χ3v) is 3.66. The van der Waals surface area contributed by atoms with Crippen LogP contribution < -0.4 is 5.32 Å². The Labute approximate surface area is 135 Å². The molecule has 23 heavy (non-hydrogen) atoms. The van der Waals surface area contributed by atoms with Crippen molar-refractivity contribution in [3.8, 4) is 0 Å². The molecule has 0 spiro atoms. The van der Waals surface area contributed by atoms with Crippen LogP contribution in [0.1, 0.15) is 30.9 Å². The Bertz CT molecular complexity index is 684. The SMILES string of the molecule is COCCCCC(=O)NC(C(=O)O)c1ccc2ccccc2c1. The number of hydrogen-bond acceptors (Lipinski definition) is 3. The fraction of sp³-hybridized carbons (Fsp3) is 0.333. The fourth-order valence-corrected chi connectivity index (χ4v) is 2.44. The van der Waals surface area contributed by atoms with Crippen LogP contribution in [0.25, 0.3) is 10.8 Å². The highest BCUT2D eigenvalue weighted by atomic mass is 16.5. The summed E-state index contributed by atoms with van der Waals surface area (Å²) in [6, 6.07) is 12.1. The molecule has 0 fully saturated rings.